The smallest absolute Gasteiger partial charge is 0.135 e. The minimum absolute atomic E-state index is 0.613. The minimum atomic E-state index is 0.613. The summed E-state index contributed by atoms with van der Waals surface area (Å²) < 4.78 is 0. The zero-order valence-electron chi connectivity index (χ0n) is 11.8. The fraction of sp³-hybridized carbons (Fsp3) is 0.0588. The molecular formula is C17H15ClN4. The van der Waals surface area contributed by atoms with E-state index in [9.17, 15) is 0 Å². The number of hydrogen-bond acceptors (Lipinski definition) is 4. The van der Waals surface area contributed by atoms with E-state index >= 15 is 0 Å². The predicted molar refractivity (Wildman–Crippen MR) is 90.5 cm³/mol. The van der Waals surface area contributed by atoms with Crippen molar-refractivity contribution in [2.24, 2.45) is 0 Å². The largest absolute Gasteiger partial charge is 0.366 e. The topological polar surface area (TPSA) is 49.8 Å². The first kappa shape index (κ1) is 14.4. The molecule has 0 unspecified atom stereocenters. The predicted octanol–water partition coefficient (Wildman–Crippen LogP) is 4.49. The van der Waals surface area contributed by atoms with Crippen LogP contribution < -0.4 is 10.6 Å². The van der Waals surface area contributed by atoms with Crippen LogP contribution in [-0.2, 0) is 6.54 Å². The summed E-state index contributed by atoms with van der Waals surface area (Å²) in [5.41, 5.74) is 2.01. The lowest BCUT2D eigenvalue weighted by Gasteiger charge is -2.09. The molecule has 0 aliphatic rings. The molecule has 2 aromatic carbocycles. The van der Waals surface area contributed by atoms with E-state index in [0.29, 0.717) is 6.54 Å². The molecule has 0 amide bonds. The van der Waals surface area contributed by atoms with E-state index in [-0.39, 0.29) is 0 Å². The number of benzene rings is 2. The van der Waals surface area contributed by atoms with Gasteiger partial charge in [0.05, 0.1) is 0 Å². The van der Waals surface area contributed by atoms with Gasteiger partial charge >= 0.3 is 0 Å². The second kappa shape index (κ2) is 6.91. The van der Waals surface area contributed by atoms with Crippen molar-refractivity contribution in [3.05, 3.63) is 77.6 Å². The van der Waals surface area contributed by atoms with E-state index in [0.717, 1.165) is 27.9 Å². The SMILES string of the molecule is Clc1ccccc1CNc1cc(Nc2ccccc2)ncn1. The third-order valence-corrected chi connectivity index (χ3v) is 3.50. The molecule has 1 aromatic heterocycles. The van der Waals surface area contributed by atoms with E-state index in [1.165, 1.54) is 6.33 Å². The molecule has 3 rings (SSSR count). The van der Waals surface area contributed by atoms with Crippen molar-refractivity contribution in [2.45, 2.75) is 6.54 Å². The summed E-state index contributed by atoms with van der Waals surface area (Å²) >= 11 is 6.14. The van der Waals surface area contributed by atoms with Crippen LogP contribution in [0.15, 0.2) is 67.0 Å². The molecule has 0 fully saturated rings. The van der Waals surface area contributed by atoms with Gasteiger partial charge in [0.1, 0.15) is 18.0 Å². The van der Waals surface area contributed by atoms with Gasteiger partial charge in [0.2, 0.25) is 0 Å². The van der Waals surface area contributed by atoms with Gasteiger partial charge in [-0.2, -0.15) is 0 Å². The molecule has 0 aliphatic carbocycles. The molecule has 3 aromatic rings. The zero-order chi connectivity index (χ0) is 15.2. The molecule has 0 bridgehead atoms. The highest BCUT2D eigenvalue weighted by Gasteiger charge is 2.02. The Morgan fingerprint density at radius 1 is 0.864 bits per heavy atom. The van der Waals surface area contributed by atoms with Crippen molar-refractivity contribution in [1.82, 2.24) is 9.97 Å². The highest BCUT2D eigenvalue weighted by molar-refractivity contribution is 6.31. The Morgan fingerprint density at radius 3 is 2.41 bits per heavy atom. The summed E-state index contributed by atoms with van der Waals surface area (Å²) in [6.45, 7) is 0.613. The van der Waals surface area contributed by atoms with Crippen molar-refractivity contribution >= 4 is 28.9 Å². The number of para-hydroxylation sites is 1. The summed E-state index contributed by atoms with van der Waals surface area (Å²) in [6.07, 6.45) is 1.53. The van der Waals surface area contributed by atoms with Gasteiger partial charge in [0.15, 0.2) is 0 Å². The van der Waals surface area contributed by atoms with E-state index in [4.69, 9.17) is 11.6 Å². The first-order chi connectivity index (χ1) is 10.8. The van der Waals surface area contributed by atoms with Crippen LogP contribution in [-0.4, -0.2) is 9.97 Å². The maximum atomic E-state index is 6.14. The molecule has 1 heterocycles. The monoisotopic (exact) mass is 310 g/mol. The minimum Gasteiger partial charge on any atom is -0.366 e. The molecule has 110 valence electrons. The average Bonchev–Trinajstić information content (AvgIpc) is 2.55. The molecule has 2 N–H and O–H groups in total. The number of halogens is 1. The van der Waals surface area contributed by atoms with Crippen LogP contribution >= 0.6 is 11.6 Å². The molecule has 0 radical (unpaired) electrons. The normalized spacial score (nSPS) is 10.2. The Morgan fingerprint density at radius 2 is 1.59 bits per heavy atom. The van der Waals surface area contributed by atoms with Gasteiger partial charge in [0.25, 0.3) is 0 Å². The maximum absolute atomic E-state index is 6.14. The number of rotatable bonds is 5. The van der Waals surface area contributed by atoms with Crippen molar-refractivity contribution in [3.63, 3.8) is 0 Å². The molecule has 0 atom stereocenters. The third kappa shape index (κ3) is 3.74. The molecule has 4 nitrogen and oxygen atoms in total. The molecule has 5 heteroatoms. The third-order valence-electron chi connectivity index (χ3n) is 3.13. The van der Waals surface area contributed by atoms with Gasteiger partial charge < -0.3 is 10.6 Å². The Balaban J connectivity index is 1.68. The van der Waals surface area contributed by atoms with Gasteiger partial charge in [-0.15, -0.1) is 0 Å². The standard InChI is InChI=1S/C17H15ClN4/c18-15-9-5-4-6-13(15)11-19-16-10-17(21-12-20-16)22-14-7-2-1-3-8-14/h1-10,12H,11H2,(H2,19,20,21,22). The van der Waals surface area contributed by atoms with Crippen molar-refractivity contribution < 1.29 is 0 Å². The van der Waals surface area contributed by atoms with Gasteiger partial charge in [-0.25, -0.2) is 9.97 Å². The van der Waals surface area contributed by atoms with E-state index in [1.807, 2.05) is 60.7 Å². The fourth-order valence-corrected chi connectivity index (χ4v) is 2.22. The summed E-state index contributed by atoms with van der Waals surface area (Å²) in [5, 5.41) is 7.23. The Labute approximate surface area is 134 Å². The zero-order valence-corrected chi connectivity index (χ0v) is 12.6. The van der Waals surface area contributed by atoms with Gasteiger partial charge in [-0.3, -0.25) is 0 Å². The number of hydrogen-bond donors (Lipinski definition) is 2. The highest BCUT2D eigenvalue weighted by atomic mass is 35.5. The Kier molecular flexibility index (Phi) is 4.51. The molecule has 0 aliphatic heterocycles. The first-order valence-electron chi connectivity index (χ1n) is 6.93. The highest BCUT2D eigenvalue weighted by Crippen LogP contribution is 2.18. The van der Waals surface area contributed by atoms with Gasteiger partial charge in [-0.05, 0) is 23.8 Å². The average molecular weight is 311 g/mol. The summed E-state index contributed by atoms with van der Waals surface area (Å²) in [5.74, 6) is 1.48. The lowest BCUT2D eigenvalue weighted by Crippen LogP contribution is -2.03. The van der Waals surface area contributed by atoms with E-state index < -0.39 is 0 Å². The van der Waals surface area contributed by atoms with Crippen molar-refractivity contribution in [3.8, 4) is 0 Å². The Bertz CT molecular complexity index is 746. The number of nitrogens with zero attached hydrogens (tertiary/aromatic N) is 2. The van der Waals surface area contributed by atoms with Crippen LogP contribution in [0.3, 0.4) is 0 Å². The molecule has 0 saturated carbocycles. The van der Waals surface area contributed by atoms with Crippen LogP contribution in [0.4, 0.5) is 17.3 Å². The second-order valence-corrected chi connectivity index (χ2v) is 5.13. The molecule has 0 spiro atoms. The summed E-state index contributed by atoms with van der Waals surface area (Å²) in [6, 6.07) is 19.5. The van der Waals surface area contributed by atoms with Crippen LogP contribution in [0.1, 0.15) is 5.56 Å². The fourth-order valence-electron chi connectivity index (χ4n) is 2.02. The second-order valence-electron chi connectivity index (χ2n) is 4.72. The Hall–Kier alpha value is -2.59. The summed E-state index contributed by atoms with van der Waals surface area (Å²) in [7, 11) is 0. The van der Waals surface area contributed by atoms with Crippen LogP contribution in [0.25, 0.3) is 0 Å². The van der Waals surface area contributed by atoms with Gasteiger partial charge in [0, 0.05) is 23.3 Å². The lowest BCUT2D eigenvalue weighted by atomic mass is 10.2. The number of nitrogens with one attached hydrogen (secondary N) is 2. The van der Waals surface area contributed by atoms with Crippen LogP contribution in [0.5, 0.6) is 0 Å². The molecular weight excluding hydrogens is 296 g/mol. The van der Waals surface area contributed by atoms with Gasteiger partial charge in [-0.1, -0.05) is 48.0 Å². The first-order valence-corrected chi connectivity index (χ1v) is 7.30. The lowest BCUT2D eigenvalue weighted by molar-refractivity contribution is 1.08. The molecule has 0 saturated heterocycles. The van der Waals surface area contributed by atoms with Crippen molar-refractivity contribution in [1.29, 1.82) is 0 Å². The summed E-state index contributed by atoms with van der Waals surface area (Å²) in [4.78, 5) is 8.44. The molecule has 22 heavy (non-hydrogen) atoms. The van der Waals surface area contributed by atoms with Crippen LogP contribution in [0.2, 0.25) is 5.02 Å². The van der Waals surface area contributed by atoms with E-state index in [2.05, 4.69) is 20.6 Å². The van der Waals surface area contributed by atoms with Crippen LogP contribution in [0, 0.1) is 0 Å². The maximum Gasteiger partial charge on any atom is 0.135 e. The quantitative estimate of drug-likeness (QED) is 0.729. The number of anilines is 3. The number of aromatic nitrogens is 2. The van der Waals surface area contributed by atoms with E-state index in [1.54, 1.807) is 0 Å². The van der Waals surface area contributed by atoms with Crippen molar-refractivity contribution in [2.75, 3.05) is 10.6 Å².